The molecule has 1 fully saturated rings. The van der Waals surface area contributed by atoms with Gasteiger partial charge in [0.25, 0.3) is 5.79 Å². The summed E-state index contributed by atoms with van der Waals surface area (Å²) in [7, 11) is 2.69. The molecule has 0 aromatic carbocycles. The molecule has 0 aliphatic carbocycles. The van der Waals surface area contributed by atoms with Crippen LogP contribution in [-0.2, 0) is 19.0 Å². The largest absolute Gasteiger partial charge is 0.465 e. The van der Waals surface area contributed by atoms with E-state index >= 15 is 0 Å². The third-order valence-electron chi connectivity index (χ3n) is 4.47. The minimum atomic E-state index is -1.44. The molecule has 1 rings (SSSR count). The van der Waals surface area contributed by atoms with E-state index in [1.807, 2.05) is 13.8 Å². The molecule has 1 aliphatic rings. The molecule has 0 aromatic heterocycles. The molecule has 0 spiro atoms. The second kappa shape index (κ2) is 6.85. The first-order valence-corrected chi connectivity index (χ1v) is 6.93. The fourth-order valence-electron chi connectivity index (χ4n) is 2.78. The zero-order valence-electron chi connectivity index (χ0n) is 12.8. The van der Waals surface area contributed by atoms with Crippen LogP contribution in [0.15, 0.2) is 0 Å². The van der Waals surface area contributed by atoms with E-state index < -0.39 is 24.0 Å². The summed E-state index contributed by atoms with van der Waals surface area (Å²) in [6.45, 7) is 5.46. The van der Waals surface area contributed by atoms with Crippen LogP contribution < -0.4 is 0 Å². The van der Waals surface area contributed by atoms with Crippen LogP contribution in [0.1, 0.15) is 27.2 Å². The molecule has 1 saturated heterocycles. The van der Waals surface area contributed by atoms with Crippen molar-refractivity contribution in [1.29, 1.82) is 0 Å². The quantitative estimate of drug-likeness (QED) is 0.719. The summed E-state index contributed by atoms with van der Waals surface area (Å²) in [6, 6.07) is 0. The summed E-state index contributed by atoms with van der Waals surface area (Å²) >= 11 is 0. The first-order valence-electron chi connectivity index (χ1n) is 6.93. The van der Waals surface area contributed by atoms with Gasteiger partial charge in [0.05, 0.1) is 25.9 Å². The highest BCUT2D eigenvalue weighted by Gasteiger charge is 2.52. The fraction of sp³-hybridized carbons (Fsp3) is 0.929. The highest BCUT2D eigenvalue weighted by molar-refractivity contribution is 5.78. The predicted octanol–water partition coefficient (Wildman–Crippen LogP) is 0.552. The summed E-state index contributed by atoms with van der Waals surface area (Å²) in [5.74, 6) is -2.05. The Hall–Kier alpha value is -0.690. The number of hydrogen-bond acceptors (Lipinski definition) is 6. The second-order valence-electron chi connectivity index (χ2n) is 5.68. The maximum atomic E-state index is 12.0. The second-order valence-corrected chi connectivity index (χ2v) is 5.68. The van der Waals surface area contributed by atoms with Crippen LogP contribution in [0.5, 0.6) is 0 Å². The van der Waals surface area contributed by atoms with Crippen molar-refractivity contribution in [3.05, 3.63) is 0 Å². The number of esters is 1. The Kier molecular flexibility index (Phi) is 5.94. The Labute approximate surface area is 120 Å². The van der Waals surface area contributed by atoms with Crippen LogP contribution in [0.25, 0.3) is 0 Å². The zero-order chi connectivity index (χ0) is 15.5. The third-order valence-corrected chi connectivity index (χ3v) is 4.47. The molecule has 0 saturated carbocycles. The Morgan fingerprint density at radius 1 is 1.45 bits per heavy atom. The van der Waals surface area contributed by atoms with Gasteiger partial charge < -0.3 is 24.4 Å². The van der Waals surface area contributed by atoms with Crippen LogP contribution in [0.3, 0.4) is 0 Å². The minimum absolute atomic E-state index is 0.124. The summed E-state index contributed by atoms with van der Waals surface area (Å²) in [6.07, 6.45) is -0.907. The lowest BCUT2D eigenvalue weighted by Gasteiger charge is -2.46. The third kappa shape index (κ3) is 3.14. The molecule has 2 N–H and O–H groups in total. The van der Waals surface area contributed by atoms with Crippen molar-refractivity contribution >= 4 is 5.97 Å². The predicted molar refractivity (Wildman–Crippen MR) is 71.8 cm³/mol. The van der Waals surface area contributed by atoms with Crippen molar-refractivity contribution in [1.82, 2.24) is 0 Å². The van der Waals surface area contributed by atoms with Gasteiger partial charge in [-0.05, 0) is 11.8 Å². The van der Waals surface area contributed by atoms with Crippen molar-refractivity contribution in [2.75, 3.05) is 20.8 Å². The number of carbonyl (C=O) groups is 1. The molecule has 0 radical (unpaired) electrons. The first-order chi connectivity index (χ1) is 9.32. The van der Waals surface area contributed by atoms with Gasteiger partial charge in [-0.3, -0.25) is 0 Å². The molecule has 0 amide bonds. The van der Waals surface area contributed by atoms with Gasteiger partial charge in [-0.25, -0.2) is 4.79 Å². The van der Waals surface area contributed by atoms with Gasteiger partial charge in [0.15, 0.2) is 0 Å². The topological polar surface area (TPSA) is 85.2 Å². The van der Waals surface area contributed by atoms with E-state index in [-0.39, 0.29) is 24.4 Å². The van der Waals surface area contributed by atoms with Crippen molar-refractivity contribution in [3.63, 3.8) is 0 Å². The van der Waals surface area contributed by atoms with Gasteiger partial charge in [-0.1, -0.05) is 20.8 Å². The van der Waals surface area contributed by atoms with E-state index in [0.29, 0.717) is 6.42 Å². The number of methoxy groups -OCH3 is 2. The fourth-order valence-corrected chi connectivity index (χ4v) is 2.78. The van der Waals surface area contributed by atoms with Gasteiger partial charge in [-0.2, -0.15) is 0 Å². The molecule has 6 atom stereocenters. The smallest absolute Gasteiger partial charge is 0.366 e. The van der Waals surface area contributed by atoms with Gasteiger partial charge in [0, 0.05) is 19.4 Å². The Morgan fingerprint density at radius 3 is 2.50 bits per heavy atom. The van der Waals surface area contributed by atoms with Crippen molar-refractivity contribution in [3.8, 4) is 0 Å². The van der Waals surface area contributed by atoms with Crippen LogP contribution in [0, 0.1) is 17.8 Å². The summed E-state index contributed by atoms with van der Waals surface area (Å²) in [5.41, 5.74) is 0. The van der Waals surface area contributed by atoms with E-state index in [0.717, 1.165) is 0 Å². The van der Waals surface area contributed by atoms with E-state index in [1.165, 1.54) is 14.2 Å². The molecule has 118 valence electrons. The maximum absolute atomic E-state index is 12.0. The number of rotatable bonds is 5. The van der Waals surface area contributed by atoms with Gasteiger partial charge in [-0.15, -0.1) is 0 Å². The van der Waals surface area contributed by atoms with Crippen molar-refractivity contribution < 1.29 is 29.2 Å². The number of carbonyl (C=O) groups excluding carboxylic acids is 1. The van der Waals surface area contributed by atoms with Gasteiger partial charge in [0.1, 0.15) is 0 Å². The van der Waals surface area contributed by atoms with E-state index in [2.05, 4.69) is 0 Å². The number of aliphatic hydroxyl groups is 2. The normalized spacial score (nSPS) is 37.2. The Balaban J connectivity index is 3.02. The Morgan fingerprint density at radius 2 is 2.05 bits per heavy atom. The van der Waals surface area contributed by atoms with Gasteiger partial charge >= 0.3 is 5.97 Å². The molecule has 0 bridgehead atoms. The van der Waals surface area contributed by atoms with Crippen LogP contribution >= 0.6 is 0 Å². The molecule has 6 heteroatoms. The average Bonchev–Trinajstić information content (AvgIpc) is 2.47. The summed E-state index contributed by atoms with van der Waals surface area (Å²) < 4.78 is 16.0. The molecule has 6 nitrogen and oxygen atoms in total. The van der Waals surface area contributed by atoms with Crippen molar-refractivity contribution in [2.45, 2.75) is 45.2 Å². The van der Waals surface area contributed by atoms with E-state index in [4.69, 9.17) is 19.3 Å². The lowest BCUT2D eigenvalue weighted by atomic mass is 9.76. The van der Waals surface area contributed by atoms with Gasteiger partial charge in [0.2, 0.25) is 0 Å². The summed E-state index contributed by atoms with van der Waals surface area (Å²) in [4.78, 5) is 12.0. The standard InChI is InChI=1S/C14H26O6/c1-8-6-14(19-5,13(17)18-4)20-12(9(8)2)10(3)11(16)7-15/h8-12,15-16H,6-7H2,1-5H3/t8-,9-,10-,11-,12?,14+/m1/s1. The molecule has 20 heavy (non-hydrogen) atoms. The number of ether oxygens (including phenoxy) is 3. The van der Waals surface area contributed by atoms with Crippen molar-refractivity contribution in [2.24, 2.45) is 17.8 Å². The Bertz CT molecular complexity index is 334. The molecule has 1 heterocycles. The zero-order valence-corrected chi connectivity index (χ0v) is 12.8. The molecular weight excluding hydrogens is 264 g/mol. The maximum Gasteiger partial charge on any atom is 0.366 e. The van der Waals surface area contributed by atoms with E-state index in [1.54, 1.807) is 6.92 Å². The highest BCUT2D eigenvalue weighted by Crippen LogP contribution is 2.41. The molecule has 0 aromatic rings. The lowest BCUT2D eigenvalue weighted by molar-refractivity contribution is -0.298. The summed E-state index contributed by atoms with van der Waals surface area (Å²) in [5, 5.41) is 18.9. The monoisotopic (exact) mass is 290 g/mol. The molecular formula is C14H26O6. The molecule has 1 unspecified atom stereocenters. The number of aliphatic hydroxyl groups excluding tert-OH is 2. The van der Waals surface area contributed by atoms with Crippen LogP contribution in [0.4, 0.5) is 0 Å². The van der Waals surface area contributed by atoms with Crippen LogP contribution in [-0.4, -0.2) is 55.0 Å². The average molecular weight is 290 g/mol. The minimum Gasteiger partial charge on any atom is -0.465 e. The number of hydrogen-bond donors (Lipinski definition) is 2. The SMILES string of the molecule is COC(=O)[C@]1(OC)C[C@@H](C)[C@@H](C)C([C@H](C)[C@H](O)CO)O1. The lowest BCUT2D eigenvalue weighted by Crippen LogP contribution is -2.57. The first kappa shape index (κ1) is 17.4. The van der Waals surface area contributed by atoms with E-state index in [9.17, 15) is 9.90 Å². The molecule has 1 aliphatic heterocycles. The highest BCUT2D eigenvalue weighted by atomic mass is 16.7. The van der Waals surface area contributed by atoms with Crippen LogP contribution in [0.2, 0.25) is 0 Å².